The van der Waals surface area contributed by atoms with Crippen LogP contribution in [0.3, 0.4) is 0 Å². The Kier molecular flexibility index (Phi) is 3.33. The Morgan fingerprint density at radius 3 is 2.75 bits per heavy atom. The lowest BCUT2D eigenvalue weighted by molar-refractivity contribution is 0.203. The smallest absolute Gasteiger partial charge is 0.254 e. The summed E-state index contributed by atoms with van der Waals surface area (Å²) in [6, 6.07) is 2.12. The lowest BCUT2D eigenvalue weighted by Gasteiger charge is -2.37. The molecular formula is C18H24N6. The van der Waals surface area contributed by atoms with E-state index >= 15 is 0 Å². The summed E-state index contributed by atoms with van der Waals surface area (Å²) in [5.41, 5.74) is 1.00. The summed E-state index contributed by atoms with van der Waals surface area (Å²) in [6.45, 7) is 7.67. The van der Waals surface area contributed by atoms with E-state index in [1.54, 1.807) is 6.33 Å². The van der Waals surface area contributed by atoms with Gasteiger partial charge in [-0.2, -0.15) is 14.6 Å². The largest absolute Gasteiger partial charge is 0.354 e. The molecule has 3 unspecified atom stereocenters. The minimum atomic E-state index is 0.696. The van der Waals surface area contributed by atoms with Crippen LogP contribution in [0, 0.1) is 24.7 Å². The molecule has 2 aromatic heterocycles. The van der Waals surface area contributed by atoms with E-state index in [0.29, 0.717) is 5.78 Å². The topological polar surface area (TPSA) is 49.6 Å². The Balaban J connectivity index is 1.26. The minimum absolute atomic E-state index is 0.696. The summed E-state index contributed by atoms with van der Waals surface area (Å²) in [5.74, 6) is 4.43. The van der Waals surface area contributed by atoms with Crippen LogP contribution in [0.1, 0.15) is 18.5 Å². The van der Waals surface area contributed by atoms with E-state index < -0.39 is 0 Å². The van der Waals surface area contributed by atoms with Crippen LogP contribution >= 0.6 is 0 Å². The van der Waals surface area contributed by atoms with Gasteiger partial charge in [0.2, 0.25) is 0 Å². The van der Waals surface area contributed by atoms with Crippen molar-refractivity contribution in [1.82, 2.24) is 24.5 Å². The Morgan fingerprint density at radius 2 is 2.00 bits per heavy atom. The molecule has 2 fully saturated rings. The molecule has 0 amide bonds. The zero-order valence-corrected chi connectivity index (χ0v) is 14.2. The van der Waals surface area contributed by atoms with Crippen molar-refractivity contribution in [3.63, 3.8) is 0 Å². The second-order valence-corrected chi connectivity index (χ2v) is 7.56. The molecule has 3 heterocycles. The molecule has 0 radical (unpaired) electrons. The van der Waals surface area contributed by atoms with Gasteiger partial charge in [-0.05, 0) is 37.5 Å². The Bertz CT molecular complexity index is 773. The number of nitrogens with zero attached hydrogens (tertiary/aromatic N) is 6. The molecule has 6 nitrogen and oxygen atoms in total. The van der Waals surface area contributed by atoms with Crippen molar-refractivity contribution in [3.8, 4) is 0 Å². The zero-order valence-electron chi connectivity index (χ0n) is 14.2. The molecule has 6 heteroatoms. The van der Waals surface area contributed by atoms with Crippen molar-refractivity contribution in [2.45, 2.75) is 19.8 Å². The Labute approximate surface area is 142 Å². The van der Waals surface area contributed by atoms with Crippen LogP contribution in [0.25, 0.3) is 5.78 Å². The number of aryl methyl sites for hydroxylation is 1. The summed E-state index contributed by atoms with van der Waals surface area (Å²) in [5, 5.41) is 4.34. The van der Waals surface area contributed by atoms with E-state index in [9.17, 15) is 0 Å². The summed E-state index contributed by atoms with van der Waals surface area (Å²) < 4.78 is 1.86. The fourth-order valence-electron chi connectivity index (χ4n) is 4.73. The predicted octanol–water partition coefficient (Wildman–Crippen LogP) is 1.77. The molecule has 0 spiro atoms. The highest BCUT2D eigenvalue weighted by molar-refractivity contribution is 5.47. The van der Waals surface area contributed by atoms with E-state index in [2.05, 4.69) is 43.1 Å². The van der Waals surface area contributed by atoms with E-state index in [-0.39, 0.29) is 0 Å². The molecule has 1 saturated heterocycles. The molecule has 2 aromatic rings. The minimum Gasteiger partial charge on any atom is -0.354 e. The number of piperazine rings is 1. The van der Waals surface area contributed by atoms with Crippen molar-refractivity contribution >= 4 is 11.6 Å². The molecule has 3 aliphatic rings. The third-order valence-corrected chi connectivity index (χ3v) is 5.97. The maximum Gasteiger partial charge on any atom is 0.254 e. The fraction of sp³-hybridized carbons (Fsp3) is 0.611. The fourth-order valence-corrected chi connectivity index (χ4v) is 4.73. The van der Waals surface area contributed by atoms with Crippen molar-refractivity contribution < 1.29 is 0 Å². The molecule has 2 aliphatic carbocycles. The van der Waals surface area contributed by atoms with Gasteiger partial charge in [0.15, 0.2) is 0 Å². The average Bonchev–Trinajstić information content (AvgIpc) is 3.31. The second-order valence-electron chi connectivity index (χ2n) is 7.56. The first kappa shape index (κ1) is 14.4. The Morgan fingerprint density at radius 1 is 1.12 bits per heavy atom. The number of fused-ring (bicyclic) bond motifs is 3. The normalized spacial score (nSPS) is 29.9. The van der Waals surface area contributed by atoms with Gasteiger partial charge in [0.1, 0.15) is 12.1 Å². The maximum atomic E-state index is 4.44. The third-order valence-electron chi connectivity index (χ3n) is 5.97. The van der Waals surface area contributed by atoms with Crippen molar-refractivity contribution in [2.75, 3.05) is 37.6 Å². The number of rotatable bonds is 3. The third kappa shape index (κ3) is 2.40. The summed E-state index contributed by atoms with van der Waals surface area (Å²) >= 11 is 0. The SMILES string of the molecule is Cc1cc(N2CCN(CC3CC4C=CC3C4)CC2)n2ncnc2n1. The highest BCUT2D eigenvalue weighted by Crippen LogP contribution is 2.43. The van der Waals surface area contributed by atoms with E-state index in [1.807, 2.05) is 11.4 Å². The maximum absolute atomic E-state index is 4.44. The first-order valence-corrected chi connectivity index (χ1v) is 9.09. The molecule has 2 bridgehead atoms. The van der Waals surface area contributed by atoms with Gasteiger partial charge < -0.3 is 4.90 Å². The molecule has 0 aromatic carbocycles. The quantitative estimate of drug-likeness (QED) is 0.805. The Hall–Kier alpha value is -1.95. The van der Waals surface area contributed by atoms with E-state index in [4.69, 9.17) is 0 Å². The molecule has 0 N–H and O–H groups in total. The standard InChI is InChI=1S/C18H24N6/c1-13-8-17(24-18(21-13)19-12-20-24)23-6-4-22(5-7-23)11-16-10-14-2-3-15(16)9-14/h2-3,8,12,14-16H,4-7,9-11H2,1H3. The van der Waals surface area contributed by atoms with Gasteiger partial charge in [-0.15, -0.1) is 0 Å². The number of aromatic nitrogens is 4. The second kappa shape index (κ2) is 5.55. The molecule has 126 valence electrons. The number of hydrogen-bond donors (Lipinski definition) is 0. The van der Waals surface area contributed by atoms with Crippen LogP contribution in [0.5, 0.6) is 0 Å². The highest BCUT2D eigenvalue weighted by atomic mass is 15.4. The van der Waals surface area contributed by atoms with Crippen LogP contribution in [0.2, 0.25) is 0 Å². The van der Waals surface area contributed by atoms with Gasteiger partial charge in [0.05, 0.1) is 0 Å². The van der Waals surface area contributed by atoms with Gasteiger partial charge in [-0.3, -0.25) is 4.90 Å². The molecule has 5 rings (SSSR count). The lowest BCUT2D eigenvalue weighted by Crippen LogP contribution is -2.48. The van der Waals surface area contributed by atoms with Crippen LogP contribution in [0.15, 0.2) is 24.5 Å². The number of allylic oxidation sites excluding steroid dienone is 2. The van der Waals surface area contributed by atoms with Crippen LogP contribution in [-0.2, 0) is 0 Å². The van der Waals surface area contributed by atoms with Gasteiger partial charge >= 0.3 is 0 Å². The van der Waals surface area contributed by atoms with Crippen LogP contribution < -0.4 is 4.90 Å². The lowest BCUT2D eigenvalue weighted by atomic mass is 9.93. The van der Waals surface area contributed by atoms with Crippen molar-refractivity contribution in [2.24, 2.45) is 17.8 Å². The molecule has 24 heavy (non-hydrogen) atoms. The molecular weight excluding hydrogens is 300 g/mol. The number of hydrogen-bond acceptors (Lipinski definition) is 5. The summed E-state index contributed by atoms with van der Waals surface area (Å²) in [4.78, 5) is 13.8. The monoisotopic (exact) mass is 324 g/mol. The summed E-state index contributed by atoms with van der Waals surface area (Å²) in [7, 11) is 0. The molecule has 3 atom stereocenters. The zero-order chi connectivity index (χ0) is 16.1. The van der Waals surface area contributed by atoms with E-state index in [1.165, 1.54) is 19.4 Å². The first-order valence-electron chi connectivity index (χ1n) is 9.09. The molecule has 1 saturated carbocycles. The molecule has 1 aliphatic heterocycles. The van der Waals surface area contributed by atoms with Gasteiger partial charge in [-0.1, -0.05) is 12.2 Å². The highest BCUT2D eigenvalue weighted by Gasteiger charge is 2.36. The van der Waals surface area contributed by atoms with Gasteiger partial charge in [0, 0.05) is 44.5 Å². The first-order chi connectivity index (χ1) is 11.8. The van der Waals surface area contributed by atoms with Crippen LogP contribution in [-0.4, -0.2) is 57.2 Å². The summed E-state index contributed by atoms with van der Waals surface area (Å²) in [6.07, 6.45) is 9.31. The van der Waals surface area contributed by atoms with Crippen molar-refractivity contribution in [3.05, 3.63) is 30.2 Å². The van der Waals surface area contributed by atoms with Crippen LogP contribution in [0.4, 0.5) is 5.82 Å². The van der Waals surface area contributed by atoms with Gasteiger partial charge in [0.25, 0.3) is 5.78 Å². The van der Waals surface area contributed by atoms with Crippen molar-refractivity contribution in [1.29, 1.82) is 0 Å². The van der Waals surface area contributed by atoms with E-state index in [0.717, 1.165) is 55.4 Å². The predicted molar refractivity (Wildman–Crippen MR) is 93.0 cm³/mol. The van der Waals surface area contributed by atoms with Gasteiger partial charge in [-0.25, -0.2) is 4.98 Å². The number of anilines is 1. The average molecular weight is 324 g/mol.